The minimum Gasteiger partial charge on any atom is -0.493 e. The van der Waals surface area contributed by atoms with Crippen molar-refractivity contribution in [1.82, 2.24) is 26.0 Å². The van der Waals surface area contributed by atoms with Gasteiger partial charge in [0.25, 0.3) is 0 Å². The second-order valence-electron chi connectivity index (χ2n) is 8.25. The minimum atomic E-state index is -0.550. The van der Waals surface area contributed by atoms with Crippen molar-refractivity contribution in [2.75, 3.05) is 41.0 Å². The number of hydrazine groups is 1. The predicted octanol–water partition coefficient (Wildman–Crippen LogP) is 1.57. The molecule has 0 bridgehead atoms. The number of hydrogen-bond acceptors (Lipinski definition) is 8. The Morgan fingerprint density at radius 1 is 1.13 bits per heavy atom. The summed E-state index contributed by atoms with van der Waals surface area (Å²) in [5.74, 6) is 1.60. The van der Waals surface area contributed by atoms with Crippen LogP contribution in [0.25, 0.3) is 0 Å². The van der Waals surface area contributed by atoms with Gasteiger partial charge < -0.3 is 29.2 Å². The molecule has 1 amide bonds. The van der Waals surface area contributed by atoms with Gasteiger partial charge in [0.2, 0.25) is 5.75 Å². The maximum atomic E-state index is 12.6. The fourth-order valence-corrected chi connectivity index (χ4v) is 3.80. The molecule has 2 heterocycles. The molecule has 2 atom stereocenters. The van der Waals surface area contributed by atoms with E-state index in [-0.39, 0.29) is 18.4 Å². The van der Waals surface area contributed by atoms with Gasteiger partial charge in [-0.1, -0.05) is 0 Å². The average Bonchev–Trinajstić information content (AvgIpc) is 3.13. The van der Waals surface area contributed by atoms with E-state index in [0.29, 0.717) is 42.0 Å². The summed E-state index contributed by atoms with van der Waals surface area (Å²) in [6, 6.07) is 3.74. The SMILES string of the molecule is COc1cc(C2NC(=S)NN2C2CN(C(=O)OC(C)(C)C)CCN2)cc(OC)c1OC. The number of thiocarbonyl (C=S) groups is 1. The summed E-state index contributed by atoms with van der Waals surface area (Å²) in [5.41, 5.74) is 3.49. The van der Waals surface area contributed by atoms with Crippen LogP contribution in [0.2, 0.25) is 0 Å². The first-order chi connectivity index (χ1) is 14.7. The van der Waals surface area contributed by atoms with Crippen LogP contribution < -0.4 is 30.3 Å². The van der Waals surface area contributed by atoms with Gasteiger partial charge in [0.15, 0.2) is 16.6 Å². The summed E-state index contributed by atoms with van der Waals surface area (Å²) in [6.07, 6.45) is -0.867. The van der Waals surface area contributed by atoms with Crippen molar-refractivity contribution in [2.24, 2.45) is 0 Å². The lowest BCUT2D eigenvalue weighted by Gasteiger charge is -2.40. The second-order valence-corrected chi connectivity index (χ2v) is 8.66. The number of amides is 1. The number of methoxy groups -OCH3 is 3. The van der Waals surface area contributed by atoms with Crippen LogP contribution in [0, 0.1) is 0 Å². The number of hydrogen-bond donors (Lipinski definition) is 3. The highest BCUT2D eigenvalue weighted by molar-refractivity contribution is 7.80. The van der Waals surface area contributed by atoms with Crippen molar-refractivity contribution in [3.05, 3.63) is 17.7 Å². The van der Waals surface area contributed by atoms with E-state index in [1.807, 2.05) is 37.9 Å². The standard InChI is InChI=1S/C20H31N5O5S/c1-20(2,3)30-19(26)24-8-7-21-15(11-24)25-17(22-18(31)23-25)12-9-13(27-4)16(29-6)14(10-12)28-5/h9-10,15,17,21H,7-8,11H2,1-6H3,(H2,22,23,31). The van der Waals surface area contributed by atoms with E-state index in [4.69, 9.17) is 31.2 Å². The molecule has 0 spiro atoms. The minimum absolute atomic E-state index is 0.210. The van der Waals surface area contributed by atoms with Crippen molar-refractivity contribution in [2.45, 2.75) is 38.7 Å². The molecule has 3 N–H and O–H groups in total. The highest BCUT2D eigenvalue weighted by Gasteiger charge is 2.38. The zero-order chi connectivity index (χ0) is 22.8. The van der Waals surface area contributed by atoms with Crippen LogP contribution in [-0.2, 0) is 4.74 Å². The lowest BCUT2D eigenvalue weighted by atomic mass is 10.1. The van der Waals surface area contributed by atoms with E-state index in [1.165, 1.54) is 0 Å². The fraction of sp³-hybridized carbons (Fsp3) is 0.600. The number of ether oxygens (including phenoxy) is 4. The molecule has 2 aliphatic heterocycles. The number of carbonyl (C=O) groups excluding carboxylic acids is 1. The van der Waals surface area contributed by atoms with E-state index < -0.39 is 5.60 Å². The van der Waals surface area contributed by atoms with Crippen LogP contribution in [-0.4, -0.2) is 73.8 Å². The number of nitrogens with one attached hydrogen (secondary N) is 3. The normalized spacial score (nSPS) is 21.9. The molecule has 31 heavy (non-hydrogen) atoms. The smallest absolute Gasteiger partial charge is 0.410 e. The molecule has 0 radical (unpaired) electrons. The number of carbonyl (C=O) groups is 1. The average molecular weight is 454 g/mol. The molecule has 2 fully saturated rings. The van der Waals surface area contributed by atoms with Crippen LogP contribution in [0.15, 0.2) is 12.1 Å². The van der Waals surface area contributed by atoms with Gasteiger partial charge in [-0.2, -0.15) is 5.01 Å². The molecule has 10 nitrogen and oxygen atoms in total. The van der Waals surface area contributed by atoms with Gasteiger partial charge >= 0.3 is 6.09 Å². The molecule has 2 saturated heterocycles. The molecule has 2 unspecified atom stereocenters. The summed E-state index contributed by atoms with van der Waals surface area (Å²) >= 11 is 5.38. The van der Waals surface area contributed by atoms with Gasteiger partial charge in [-0.3, -0.25) is 10.7 Å². The van der Waals surface area contributed by atoms with Gasteiger partial charge in [0, 0.05) is 13.1 Å². The van der Waals surface area contributed by atoms with Gasteiger partial charge in [-0.05, 0) is 50.7 Å². The largest absolute Gasteiger partial charge is 0.493 e. The lowest BCUT2D eigenvalue weighted by molar-refractivity contribution is -0.000676. The van der Waals surface area contributed by atoms with Gasteiger partial charge in [-0.25, -0.2) is 4.79 Å². The highest BCUT2D eigenvalue weighted by atomic mass is 32.1. The van der Waals surface area contributed by atoms with Crippen LogP contribution in [0.1, 0.15) is 32.5 Å². The van der Waals surface area contributed by atoms with Crippen LogP contribution >= 0.6 is 12.2 Å². The Morgan fingerprint density at radius 2 is 1.77 bits per heavy atom. The molecule has 0 aliphatic carbocycles. The summed E-state index contributed by atoms with van der Waals surface area (Å²) in [4.78, 5) is 14.3. The lowest BCUT2D eigenvalue weighted by Crippen LogP contribution is -2.62. The van der Waals surface area contributed by atoms with Crippen molar-refractivity contribution in [3.8, 4) is 17.2 Å². The summed E-state index contributed by atoms with van der Waals surface area (Å²) in [6.45, 7) is 7.18. The van der Waals surface area contributed by atoms with E-state index in [2.05, 4.69) is 16.1 Å². The first kappa shape index (κ1) is 23.2. The summed E-state index contributed by atoms with van der Waals surface area (Å²) in [7, 11) is 4.71. The molecule has 0 aromatic heterocycles. The van der Waals surface area contributed by atoms with Gasteiger partial charge in [-0.15, -0.1) is 0 Å². The third kappa shape index (κ3) is 5.23. The number of nitrogens with zero attached hydrogens (tertiary/aromatic N) is 2. The number of piperazine rings is 1. The Labute approximate surface area is 188 Å². The fourth-order valence-electron chi connectivity index (χ4n) is 3.58. The Kier molecular flexibility index (Phi) is 6.97. The van der Waals surface area contributed by atoms with Crippen LogP contribution in [0.3, 0.4) is 0 Å². The first-order valence-corrected chi connectivity index (χ1v) is 10.4. The highest BCUT2D eigenvalue weighted by Crippen LogP contribution is 2.40. The zero-order valence-corrected chi connectivity index (χ0v) is 19.6. The quantitative estimate of drug-likeness (QED) is 0.570. The monoisotopic (exact) mass is 453 g/mol. The maximum Gasteiger partial charge on any atom is 0.410 e. The van der Waals surface area contributed by atoms with Crippen LogP contribution in [0.5, 0.6) is 17.2 Å². The van der Waals surface area contributed by atoms with Crippen molar-refractivity contribution < 1.29 is 23.7 Å². The Balaban J connectivity index is 1.84. The van der Waals surface area contributed by atoms with Crippen molar-refractivity contribution in [3.63, 3.8) is 0 Å². The Hall–Kier alpha value is -2.50. The molecule has 1 aromatic rings. The number of benzene rings is 1. The summed E-state index contributed by atoms with van der Waals surface area (Å²) < 4.78 is 21.9. The molecule has 1 aromatic carbocycles. The number of rotatable bonds is 5. The van der Waals surface area contributed by atoms with Crippen molar-refractivity contribution >= 4 is 23.4 Å². The van der Waals surface area contributed by atoms with Crippen molar-refractivity contribution in [1.29, 1.82) is 0 Å². The third-order valence-electron chi connectivity index (χ3n) is 4.92. The Bertz CT molecular complexity index is 806. The van der Waals surface area contributed by atoms with Crippen LogP contribution in [0.4, 0.5) is 4.79 Å². The molecule has 172 valence electrons. The maximum absolute atomic E-state index is 12.6. The summed E-state index contributed by atoms with van der Waals surface area (Å²) in [5, 5.41) is 9.12. The zero-order valence-electron chi connectivity index (χ0n) is 18.8. The molecule has 0 saturated carbocycles. The second kappa shape index (κ2) is 9.33. The van der Waals surface area contributed by atoms with Gasteiger partial charge in [0.05, 0.1) is 34.0 Å². The molecule has 3 rings (SSSR count). The van der Waals surface area contributed by atoms with E-state index in [0.717, 1.165) is 5.56 Å². The Morgan fingerprint density at radius 3 is 2.32 bits per heavy atom. The molecule has 11 heteroatoms. The molecule has 2 aliphatic rings. The van der Waals surface area contributed by atoms with E-state index in [9.17, 15) is 4.79 Å². The van der Waals surface area contributed by atoms with E-state index in [1.54, 1.807) is 26.2 Å². The first-order valence-electron chi connectivity index (χ1n) is 10.0. The van der Waals surface area contributed by atoms with Gasteiger partial charge in [0.1, 0.15) is 11.8 Å². The topological polar surface area (TPSA) is 96.6 Å². The predicted molar refractivity (Wildman–Crippen MR) is 119 cm³/mol. The molecular formula is C20H31N5O5S. The third-order valence-corrected chi connectivity index (χ3v) is 5.13. The van der Waals surface area contributed by atoms with E-state index >= 15 is 0 Å². The molecular weight excluding hydrogens is 422 g/mol.